The Balaban J connectivity index is 1.28. The van der Waals surface area contributed by atoms with E-state index in [1.165, 1.54) is 5.56 Å². The standard InChI is InChI=1S/C23H20Cl2N6/c24-17-8-4-7-14(19(17)25)20-21-22(30-29-20)28-18(9-27-21)31-10-15-16(11-31)23(15,12-26)13-5-2-1-3-6-13/h1-9,15-16H,10-12,26H2,(H,28,29,30)/t15-,16+,23-. The minimum Gasteiger partial charge on any atom is -0.355 e. The molecular formula is C23H20Cl2N6. The molecule has 0 unspecified atom stereocenters. The van der Waals surface area contributed by atoms with E-state index < -0.39 is 0 Å². The summed E-state index contributed by atoms with van der Waals surface area (Å²) in [6, 6.07) is 16.1. The molecule has 2 aliphatic rings. The van der Waals surface area contributed by atoms with Gasteiger partial charge in [0.1, 0.15) is 17.0 Å². The molecule has 2 fully saturated rings. The largest absolute Gasteiger partial charge is 0.355 e. The molecule has 2 aromatic carbocycles. The number of nitrogens with one attached hydrogen (secondary N) is 1. The first kappa shape index (κ1) is 19.0. The first-order valence-electron chi connectivity index (χ1n) is 10.3. The van der Waals surface area contributed by atoms with Crippen LogP contribution in [-0.4, -0.2) is 39.8 Å². The van der Waals surface area contributed by atoms with Gasteiger partial charge in [-0.2, -0.15) is 5.10 Å². The van der Waals surface area contributed by atoms with Gasteiger partial charge in [-0.15, -0.1) is 0 Å². The fourth-order valence-corrected chi connectivity index (χ4v) is 5.73. The molecule has 3 atom stereocenters. The van der Waals surface area contributed by atoms with Gasteiger partial charge in [-0.25, -0.2) is 9.97 Å². The normalized spacial score (nSPS) is 24.5. The highest BCUT2D eigenvalue weighted by atomic mass is 35.5. The average molecular weight is 451 g/mol. The van der Waals surface area contributed by atoms with Crippen LogP contribution in [0, 0.1) is 11.8 Å². The predicted molar refractivity (Wildman–Crippen MR) is 124 cm³/mol. The molecule has 3 N–H and O–H groups in total. The maximum absolute atomic E-state index is 6.38. The zero-order chi connectivity index (χ0) is 21.2. The maximum atomic E-state index is 6.38. The fraction of sp³-hybridized carbons (Fsp3) is 0.261. The first-order valence-corrected chi connectivity index (χ1v) is 11.0. The summed E-state index contributed by atoms with van der Waals surface area (Å²) in [7, 11) is 0. The number of nitrogens with zero attached hydrogens (tertiary/aromatic N) is 4. The highest BCUT2D eigenvalue weighted by Crippen LogP contribution is 2.63. The molecule has 0 radical (unpaired) electrons. The van der Waals surface area contributed by atoms with Crippen LogP contribution in [0.5, 0.6) is 0 Å². The van der Waals surface area contributed by atoms with Gasteiger partial charge in [-0.3, -0.25) is 5.10 Å². The Labute approximate surface area is 189 Å². The molecule has 1 saturated carbocycles. The number of hydrogen-bond donors (Lipinski definition) is 2. The van der Waals surface area contributed by atoms with Crippen LogP contribution >= 0.6 is 23.2 Å². The zero-order valence-corrected chi connectivity index (χ0v) is 18.1. The van der Waals surface area contributed by atoms with Crippen LogP contribution in [-0.2, 0) is 5.41 Å². The summed E-state index contributed by atoms with van der Waals surface area (Å²) >= 11 is 12.5. The molecule has 8 heteroatoms. The van der Waals surface area contributed by atoms with Crippen molar-refractivity contribution in [3.63, 3.8) is 0 Å². The number of aromatic nitrogens is 4. The molecule has 2 aromatic heterocycles. The molecule has 0 spiro atoms. The Morgan fingerprint density at radius 3 is 2.58 bits per heavy atom. The number of piperidine rings is 1. The Morgan fingerprint density at radius 1 is 1.06 bits per heavy atom. The quantitative estimate of drug-likeness (QED) is 0.484. The van der Waals surface area contributed by atoms with Crippen molar-refractivity contribution in [2.45, 2.75) is 5.41 Å². The molecule has 1 saturated heterocycles. The number of rotatable bonds is 4. The van der Waals surface area contributed by atoms with E-state index in [1.54, 1.807) is 6.07 Å². The molecule has 6 rings (SSSR count). The van der Waals surface area contributed by atoms with Crippen molar-refractivity contribution in [2.24, 2.45) is 17.6 Å². The molecule has 4 aromatic rings. The van der Waals surface area contributed by atoms with Crippen molar-refractivity contribution in [2.75, 3.05) is 24.5 Å². The lowest BCUT2D eigenvalue weighted by Crippen LogP contribution is -2.35. The Bertz CT molecular complexity index is 1280. The summed E-state index contributed by atoms with van der Waals surface area (Å²) in [5, 5.41) is 8.35. The summed E-state index contributed by atoms with van der Waals surface area (Å²) in [4.78, 5) is 11.8. The minimum absolute atomic E-state index is 0.0970. The highest BCUT2D eigenvalue weighted by Gasteiger charge is 2.68. The van der Waals surface area contributed by atoms with Gasteiger partial charge in [0.25, 0.3) is 0 Å². The average Bonchev–Trinajstić information content (AvgIpc) is 3.13. The van der Waals surface area contributed by atoms with Gasteiger partial charge in [0.2, 0.25) is 0 Å². The number of nitrogens with two attached hydrogens (primary N) is 1. The number of hydrogen-bond acceptors (Lipinski definition) is 5. The van der Waals surface area contributed by atoms with Gasteiger partial charge < -0.3 is 10.6 Å². The molecule has 31 heavy (non-hydrogen) atoms. The Morgan fingerprint density at radius 2 is 1.84 bits per heavy atom. The molecule has 0 amide bonds. The van der Waals surface area contributed by atoms with E-state index in [0.717, 1.165) is 24.5 Å². The number of fused-ring (bicyclic) bond motifs is 2. The monoisotopic (exact) mass is 450 g/mol. The van der Waals surface area contributed by atoms with E-state index in [0.29, 0.717) is 45.3 Å². The van der Waals surface area contributed by atoms with Gasteiger partial charge in [0.15, 0.2) is 5.65 Å². The van der Waals surface area contributed by atoms with Gasteiger partial charge in [0.05, 0.1) is 16.2 Å². The molecule has 6 nitrogen and oxygen atoms in total. The second-order valence-corrected chi connectivity index (χ2v) is 9.11. The van der Waals surface area contributed by atoms with Crippen LogP contribution < -0.4 is 10.6 Å². The lowest BCUT2D eigenvalue weighted by atomic mass is 9.90. The van der Waals surface area contributed by atoms with E-state index in [-0.39, 0.29) is 5.41 Å². The second-order valence-electron chi connectivity index (χ2n) is 8.33. The molecule has 0 bridgehead atoms. The van der Waals surface area contributed by atoms with Crippen molar-refractivity contribution in [3.05, 3.63) is 70.3 Å². The fourth-order valence-electron chi connectivity index (χ4n) is 5.34. The molecule has 3 heterocycles. The van der Waals surface area contributed by atoms with E-state index in [9.17, 15) is 0 Å². The number of H-pyrrole nitrogens is 1. The SMILES string of the molecule is NC[C@@]1(c2ccccc2)[C@@H]2CN(c3cnc4c(-c5cccc(Cl)c5Cl)n[nH]c4n3)C[C@@H]21. The van der Waals surface area contributed by atoms with Crippen LogP contribution in [0.1, 0.15) is 5.56 Å². The van der Waals surface area contributed by atoms with E-state index in [1.807, 2.05) is 18.3 Å². The summed E-state index contributed by atoms with van der Waals surface area (Å²) in [5.41, 5.74) is 10.4. The molecule has 1 aliphatic carbocycles. The predicted octanol–water partition coefficient (Wildman–Crippen LogP) is 4.29. The van der Waals surface area contributed by atoms with E-state index in [2.05, 4.69) is 50.4 Å². The van der Waals surface area contributed by atoms with Crippen LogP contribution in [0.15, 0.2) is 54.7 Å². The van der Waals surface area contributed by atoms with E-state index in [4.69, 9.17) is 33.9 Å². The Kier molecular flexibility index (Phi) is 4.25. The van der Waals surface area contributed by atoms with Crippen molar-refractivity contribution >= 4 is 40.2 Å². The van der Waals surface area contributed by atoms with Crippen molar-refractivity contribution in [1.82, 2.24) is 20.2 Å². The highest BCUT2D eigenvalue weighted by molar-refractivity contribution is 6.43. The van der Waals surface area contributed by atoms with Crippen molar-refractivity contribution < 1.29 is 0 Å². The topological polar surface area (TPSA) is 83.7 Å². The van der Waals surface area contributed by atoms with Crippen LogP contribution in [0.25, 0.3) is 22.4 Å². The van der Waals surface area contributed by atoms with Gasteiger partial charge in [0, 0.05) is 30.6 Å². The lowest BCUT2D eigenvalue weighted by molar-refractivity contribution is 0.553. The van der Waals surface area contributed by atoms with Gasteiger partial charge in [-0.1, -0.05) is 65.7 Å². The summed E-state index contributed by atoms with van der Waals surface area (Å²) in [6.45, 7) is 2.53. The van der Waals surface area contributed by atoms with Crippen molar-refractivity contribution in [1.29, 1.82) is 0 Å². The smallest absolute Gasteiger partial charge is 0.177 e. The minimum atomic E-state index is 0.0970. The summed E-state index contributed by atoms with van der Waals surface area (Å²) < 4.78 is 0. The third-order valence-corrected chi connectivity index (χ3v) is 7.79. The number of aromatic amines is 1. The summed E-state index contributed by atoms with van der Waals surface area (Å²) in [6.07, 6.45) is 1.82. The van der Waals surface area contributed by atoms with Crippen molar-refractivity contribution in [3.8, 4) is 11.3 Å². The molecule has 156 valence electrons. The number of anilines is 1. The zero-order valence-electron chi connectivity index (χ0n) is 16.6. The Hall–Kier alpha value is -2.67. The van der Waals surface area contributed by atoms with Crippen LogP contribution in [0.4, 0.5) is 5.82 Å². The first-order chi connectivity index (χ1) is 15.1. The maximum Gasteiger partial charge on any atom is 0.177 e. The third kappa shape index (κ3) is 2.72. The molecular weight excluding hydrogens is 431 g/mol. The van der Waals surface area contributed by atoms with Gasteiger partial charge >= 0.3 is 0 Å². The summed E-state index contributed by atoms with van der Waals surface area (Å²) in [5.74, 6) is 1.94. The molecule has 1 aliphatic heterocycles. The number of halogens is 2. The lowest BCUT2D eigenvalue weighted by Gasteiger charge is -2.26. The third-order valence-electron chi connectivity index (χ3n) is 6.97. The van der Waals surface area contributed by atoms with Crippen LogP contribution in [0.2, 0.25) is 10.0 Å². The number of benzene rings is 2. The second kappa shape index (κ2) is 6.92. The van der Waals surface area contributed by atoms with Crippen LogP contribution in [0.3, 0.4) is 0 Å². The van der Waals surface area contributed by atoms with Gasteiger partial charge in [-0.05, 0) is 23.5 Å². The van der Waals surface area contributed by atoms with E-state index >= 15 is 0 Å².